The van der Waals surface area contributed by atoms with Gasteiger partial charge < -0.3 is 0 Å². The first kappa shape index (κ1) is 19.1. The highest BCUT2D eigenvalue weighted by Gasteiger charge is 2.51. The number of carbonyl (C=O) groups is 2. The van der Waals surface area contributed by atoms with Crippen LogP contribution in [0.4, 0.5) is 0 Å². The maximum atomic E-state index is 13.2. The third-order valence-electron chi connectivity index (χ3n) is 5.99. The summed E-state index contributed by atoms with van der Waals surface area (Å²) in [5.41, 5.74) is 5.04. The molecule has 1 heterocycles. The normalized spacial score (nSPS) is 14.5. The van der Waals surface area contributed by atoms with E-state index < -0.39 is 5.54 Å². The lowest BCUT2D eigenvalue weighted by molar-refractivity contribution is -0.143. The van der Waals surface area contributed by atoms with Gasteiger partial charge in [0, 0.05) is 12.8 Å². The summed E-state index contributed by atoms with van der Waals surface area (Å²) in [5, 5.41) is 0. The molecular weight excluding hydrogens is 358 g/mol. The highest BCUT2D eigenvalue weighted by Crippen LogP contribution is 2.47. The van der Waals surface area contributed by atoms with Crippen molar-refractivity contribution in [3.63, 3.8) is 0 Å². The zero-order chi connectivity index (χ0) is 20.6. The van der Waals surface area contributed by atoms with Gasteiger partial charge in [-0.05, 0) is 54.2 Å². The monoisotopic (exact) mass is 383 g/mol. The summed E-state index contributed by atoms with van der Waals surface area (Å²) in [6, 6.07) is 24.2. The molecule has 0 N–H and O–H groups in total. The number of aryl methyl sites for hydroxylation is 3. The van der Waals surface area contributed by atoms with E-state index in [0.717, 1.165) is 33.4 Å². The Kier molecular flexibility index (Phi) is 4.83. The zero-order valence-electron chi connectivity index (χ0n) is 17.1. The van der Waals surface area contributed by atoms with Crippen LogP contribution in [0.2, 0.25) is 0 Å². The van der Waals surface area contributed by atoms with E-state index in [2.05, 4.69) is 0 Å². The fourth-order valence-electron chi connectivity index (χ4n) is 4.68. The fraction of sp³-hybridized carbons (Fsp3) is 0.231. The van der Waals surface area contributed by atoms with Crippen molar-refractivity contribution in [3.8, 4) is 0 Å². The molecule has 1 aliphatic heterocycles. The number of benzene rings is 3. The van der Waals surface area contributed by atoms with Crippen LogP contribution in [0.1, 0.15) is 46.2 Å². The minimum atomic E-state index is -0.993. The number of carbonyl (C=O) groups excluding carboxylic acids is 2. The summed E-state index contributed by atoms with van der Waals surface area (Å²) in [7, 11) is 0. The predicted octanol–water partition coefficient (Wildman–Crippen LogP) is 5.05. The van der Waals surface area contributed by atoms with Crippen molar-refractivity contribution in [2.45, 2.75) is 39.2 Å². The molecule has 29 heavy (non-hydrogen) atoms. The first-order valence-corrected chi connectivity index (χ1v) is 10.0. The minimum absolute atomic E-state index is 0.121. The molecule has 0 bridgehead atoms. The van der Waals surface area contributed by atoms with E-state index in [4.69, 9.17) is 0 Å². The quantitative estimate of drug-likeness (QED) is 0.467. The SMILES string of the molecule is Cc1ccccc1C(c1ccccc1C)(c1ccccc1C)N1C(=O)CCC1=O. The third-order valence-corrected chi connectivity index (χ3v) is 5.99. The molecule has 4 rings (SSSR count). The van der Waals surface area contributed by atoms with Crippen molar-refractivity contribution in [2.75, 3.05) is 0 Å². The summed E-state index contributed by atoms with van der Waals surface area (Å²) in [4.78, 5) is 27.9. The van der Waals surface area contributed by atoms with E-state index in [1.54, 1.807) is 0 Å². The molecule has 1 aliphatic rings. The maximum absolute atomic E-state index is 13.2. The molecule has 1 saturated heterocycles. The van der Waals surface area contributed by atoms with E-state index in [1.165, 1.54) is 4.90 Å². The molecule has 0 unspecified atom stereocenters. The van der Waals surface area contributed by atoms with E-state index >= 15 is 0 Å². The smallest absolute Gasteiger partial charge is 0.231 e. The van der Waals surface area contributed by atoms with Crippen molar-refractivity contribution in [1.82, 2.24) is 4.90 Å². The highest BCUT2D eigenvalue weighted by atomic mass is 16.2. The Bertz CT molecular complexity index is 972. The van der Waals surface area contributed by atoms with Gasteiger partial charge in [-0.2, -0.15) is 0 Å². The van der Waals surface area contributed by atoms with E-state index in [1.807, 2.05) is 93.6 Å². The Morgan fingerprint density at radius 2 is 0.897 bits per heavy atom. The summed E-state index contributed by atoms with van der Waals surface area (Å²) in [6.07, 6.45) is 0.508. The number of amides is 2. The van der Waals surface area contributed by atoms with Crippen LogP contribution < -0.4 is 0 Å². The molecule has 0 aromatic heterocycles. The van der Waals surface area contributed by atoms with Gasteiger partial charge in [0.1, 0.15) is 5.54 Å². The molecule has 3 aromatic carbocycles. The standard InChI is InChI=1S/C26H25NO2/c1-18-10-4-7-13-21(18)26(22-14-8-5-11-19(22)2,23-15-9-6-12-20(23)3)27-24(28)16-17-25(27)29/h4-15H,16-17H2,1-3H3. The molecule has 0 aliphatic carbocycles. The topological polar surface area (TPSA) is 37.4 Å². The Balaban J connectivity index is 2.22. The molecule has 1 fully saturated rings. The van der Waals surface area contributed by atoms with Gasteiger partial charge in [-0.3, -0.25) is 14.5 Å². The van der Waals surface area contributed by atoms with Crippen LogP contribution in [0.25, 0.3) is 0 Å². The zero-order valence-corrected chi connectivity index (χ0v) is 17.1. The van der Waals surface area contributed by atoms with Crippen molar-refractivity contribution >= 4 is 11.8 Å². The van der Waals surface area contributed by atoms with Crippen molar-refractivity contribution < 1.29 is 9.59 Å². The second-order valence-corrected chi connectivity index (χ2v) is 7.78. The molecule has 0 spiro atoms. The lowest BCUT2D eigenvalue weighted by Gasteiger charge is -2.44. The fourth-order valence-corrected chi connectivity index (χ4v) is 4.68. The number of hydrogen-bond acceptors (Lipinski definition) is 2. The van der Waals surface area contributed by atoms with Crippen LogP contribution in [0.3, 0.4) is 0 Å². The number of rotatable bonds is 4. The molecule has 146 valence electrons. The van der Waals surface area contributed by atoms with Crippen LogP contribution in [0.15, 0.2) is 72.8 Å². The summed E-state index contributed by atoms with van der Waals surface area (Å²) >= 11 is 0. The third kappa shape index (κ3) is 2.89. The highest BCUT2D eigenvalue weighted by molar-refractivity contribution is 6.04. The Labute approximate surface area is 172 Å². The Morgan fingerprint density at radius 1 is 0.586 bits per heavy atom. The Hall–Kier alpha value is -3.20. The van der Waals surface area contributed by atoms with Gasteiger partial charge in [-0.25, -0.2) is 0 Å². The van der Waals surface area contributed by atoms with Crippen LogP contribution in [-0.2, 0) is 15.1 Å². The van der Waals surface area contributed by atoms with Gasteiger partial charge in [0.2, 0.25) is 11.8 Å². The number of imide groups is 1. The number of nitrogens with zero attached hydrogens (tertiary/aromatic N) is 1. The maximum Gasteiger partial charge on any atom is 0.231 e. The van der Waals surface area contributed by atoms with E-state index in [-0.39, 0.29) is 24.7 Å². The second-order valence-electron chi connectivity index (χ2n) is 7.78. The Morgan fingerprint density at radius 3 is 1.21 bits per heavy atom. The lowest BCUT2D eigenvalue weighted by Crippen LogP contribution is -2.52. The van der Waals surface area contributed by atoms with Crippen molar-refractivity contribution in [3.05, 3.63) is 106 Å². The van der Waals surface area contributed by atoms with E-state index in [9.17, 15) is 9.59 Å². The minimum Gasteiger partial charge on any atom is -0.274 e. The molecule has 2 amide bonds. The number of hydrogen-bond donors (Lipinski definition) is 0. The van der Waals surface area contributed by atoms with Gasteiger partial charge in [0.25, 0.3) is 0 Å². The second kappa shape index (κ2) is 7.32. The first-order chi connectivity index (χ1) is 14.0. The van der Waals surface area contributed by atoms with Gasteiger partial charge >= 0.3 is 0 Å². The van der Waals surface area contributed by atoms with Crippen LogP contribution in [0, 0.1) is 20.8 Å². The van der Waals surface area contributed by atoms with Gasteiger partial charge in [0.05, 0.1) is 0 Å². The summed E-state index contributed by atoms with van der Waals surface area (Å²) in [5.74, 6) is -0.241. The molecular formula is C26H25NO2. The molecule has 3 aromatic rings. The van der Waals surface area contributed by atoms with Gasteiger partial charge in [-0.15, -0.1) is 0 Å². The van der Waals surface area contributed by atoms with Crippen LogP contribution in [-0.4, -0.2) is 16.7 Å². The predicted molar refractivity (Wildman–Crippen MR) is 115 cm³/mol. The van der Waals surface area contributed by atoms with E-state index in [0.29, 0.717) is 0 Å². The van der Waals surface area contributed by atoms with Crippen molar-refractivity contribution in [2.24, 2.45) is 0 Å². The van der Waals surface area contributed by atoms with Crippen LogP contribution in [0.5, 0.6) is 0 Å². The molecule has 0 radical (unpaired) electrons. The average molecular weight is 383 g/mol. The first-order valence-electron chi connectivity index (χ1n) is 10.0. The van der Waals surface area contributed by atoms with Gasteiger partial charge in [0.15, 0.2) is 0 Å². The number of likely N-dealkylation sites (tertiary alicyclic amines) is 1. The van der Waals surface area contributed by atoms with Crippen molar-refractivity contribution in [1.29, 1.82) is 0 Å². The summed E-state index contributed by atoms with van der Waals surface area (Å²) < 4.78 is 0. The molecule has 0 saturated carbocycles. The summed E-state index contributed by atoms with van der Waals surface area (Å²) in [6.45, 7) is 6.14. The molecule has 0 atom stereocenters. The van der Waals surface area contributed by atoms with Gasteiger partial charge in [-0.1, -0.05) is 72.8 Å². The average Bonchev–Trinajstić information content (AvgIpc) is 3.05. The molecule has 3 nitrogen and oxygen atoms in total. The molecule has 3 heteroatoms. The van der Waals surface area contributed by atoms with Crippen LogP contribution >= 0.6 is 0 Å². The largest absolute Gasteiger partial charge is 0.274 e. The lowest BCUT2D eigenvalue weighted by atomic mass is 9.71.